The first kappa shape index (κ1) is 39.8. The van der Waals surface area contributed by atoms with Crippen LogP contribution in [0.15, 0.2) is 28.5 Å². The van der Waals surface area contributed by atoms with Crippen molar-refractivity contribution in [3.05, 3.63) is 23.3 Å². The number of carbonyl (C=O) groups excluding carboxylic acids is 3. The van der Waals surface area contributed by atoms with Gasteiger partial charge in [-0.05, 0) is 70.8 Å². The Kier molecular flexibility index (Phi) is 14.8. The van der Waals surface area contributed by atoms with Crippen LogP contribution >= 0.6 is 0 Å². The Morgan fingerprint density at radius 3 is 2.35 bits per heavy atom. The van der Waals surface area contributed by atoms with E-state index in [0.717, 1.165) is 17.6 Å². The lowest BCUT2D eigenvalue weighted by Crippen LogP contribution is -2.64. The molecule has 1 amide bonds. The van der Waals surface area contributed by atoms with Gasteiger partial charge in [-0.3, -0.25) is 9.59 Å². The third-order valence-corrected chi connectivity index (χ3v) is 10.4. The first-order valence-electron chi connectivity index (χ1n) is 17.3. The molecule has 12 heteroatoms. The van der Waals surface area contributed by atoms with Crippen LogP contribution in [0.4, 0.5) is 0 Å². The highest BCUT2D eigenvalue weighted by Gasteiger charge is 2.56. The molecule has 272 valence electrons. The Morgan fingerprint density at radius 2 is 1.73 bits per heavy atom. The van der Waals surface area contributed by atoms with E-state index in [0.29, 0.717) is 37.8 Å². The van der Waals surface area contributed by atoms with Gasteiger partial charge in [-0.25, -0.2) is 4.79 Å². The van der Waals surface area contributed by atoms with Crippen LogP contribution in [-0.2, 0) is 38.2 Å². The second-order valence-corrected chi connectivity index (χ2v) is 14.0. The largest absolute Gasteiger partial charge is 0.456 e. The van der Waals surface area contributed by atoms with Gasteiger partial charge in [0.2, 0.25) is 5.79 Å². The summed E-state index contributed by atoms with van der Waals surface area (Å²) in [5, 5.41) is 27.4. The number of aliphatic hydroxyl groups excluding tert-OH is 1. The molecule has 12 nitrogen and oxygen atoms in total. The van der Waals surface area contributed by atoms with Gasteiger partial charge in [0.1, 0.15) is 25.4 Å². The number of carbonyl (C=O) groups is 3. The molecule has 10 unspecified atom stereocenters. The zero-order valence-corrected chi connectivity index (χ0v) is 30.3. The van der Waals surface area contributed by atoms with E-state index in [1.54, 1.807) is 28.1 Å². The van der Waals surface area contributed by atoms with Crippen molar-refractivity contribution >= 4 is 23.4 Å². The van der Waals surface area contributed by atoms with Gasteiger partial charge in [-0.15, -0.1) is 0 Å². The summed E-state index contributed by atoms with van der Waals surface area (Å²) in [5.41, 5.74) is 2.47. The number of ketones is 1. The summed E-state index contributed by atoms with van der Waals surface area (Å²) in [6.45, 7) is 11.3. The summed E-state index contributed by atoms with van der Waals surface area (Å²) in [7, 11) is 4.56. The van der Waals surface area contributed by atoms with E-state index in [-0.39, 0.29) is 25.3 Å². The maximum Gasteiger partial charge on any atom is 0.329 e. The molecule has 0 saturated carbocycles. The quantitative estimate of drug-likeness (QED) is 0.192. The Hall–Kier alpha value is -2.64. The number of piperidine rings is 1. The van der Waals surface area contributed by atoms with Crippen LogP contribution in [0.2, 0.25) is 0 Å². The van der Waals surface area contributed by atoms with Crippen LogP contribution in [-0.4, -0.2) is 109 Å². The Bertz CT molecular complexity index is 1220. The molecule has 2 bridgehead atoms. The normalized spacial score (nSPS) is 38.1. The van der Waals surface area contributed by atoms with E-state index in [1.165, 1.54) is 12.0 Å². The topological polar surface area (TPSA) is 153 Å². The molecule has 2 saturated heterocycles. The van der Waals surface area contributed by atoms with Crippen molar-refractivity contribution in [1.82, 2.24) is 4.90 Å². The fourth-order valence-electron chi connectivity index (χ4n) is 7.24. The average molecular weight is 679 g/mol. The lowest BCUT2D eigenvalue weighted by molar-refractivity contribution is -0.302. The lowest BCUT2D eigenvalue weighted by atomic mass is 9.82. The molecule has 0 aliphatic carbocycles. The van der Waals surface area contributed by atoms with Gasteiger partial charge in [-0.1, -0.05) is 43.7 Å². The minimum Gasteiger partial charge on any atom is -0.456 e. The molecule has 48 heavy (non-hydrogen) atoms. The number of hydrogen-bond acceptors (Lipinski definition) is 11. The first-order chi connectivity index (χ1) is 22.7. The molecule has 0 aromatic carbocycles. The van der Waals surface area contributed by atoms with Crippen molar-refractivity contribution in [2.24, 2.45) is 22.9 Å². The number of allylic oxidation sites excluding steroid dienone is 3. The van der Waals surface area contributed by atoms with E-state index >= 15 is 0 Å². The van der Waals surface area contributed by atoms with Crippen LogP contribution in [0.3, 0.4) is 0 Å². The van der Waals surface area contributed by atoms with E-state index in [1.807, 2.05) is 26.8 Å². The predicted molar refractivity (Wildman–Crippen MR) is 180 cm³/mol. The van der Waals surface area contributed by atoms with E-state index in [2.05, 4.69) is 18.2 Å². The Labute approximate surface area is 285 Å². The summed E-state index contributed by atoms with van der Waals surface area (Å²) in [6.07, 6.45) is 3.93. The third kappa shape index (κ3) is 9.32. The van der Waals surface area contributed by atoms with Crippen LogP contribution in [0.1, 0.15) is 92.9 Å². The van der Waals surface area contributed by atoms with Gasteiger partial charge in [0, 0.05) is 45.4 Å². The molecule has 0 aromatic rings. The van der Waals surface area contributed by atoms with Crippen molar-refractivity contribution in [2.75, 3.05) is 27.9 Å². The average Bonchev–Trinajstić information content (AvgIpc) is 3.07. The van der Waals surface area contributed by atoms with Crippen molar-refractivity contribution in [2.45, 2.75) is 135 Å². The zero-order chi connectivity index (χ0) is 35.8. The molecule has 2 fully saturated rings. The van der Waals surface area contributed by atoms with Gasteiger partial charge < -0.3 is 38.9 Å². The smallest absolute Gasteiger partial charge is 0.329 e. The molecule has 2 N–H and O–H groups in total. The molecular formula is C36H58N2O10. The number of methoxy groups -OCH3 is 2. The Morgan fingerprint density at radius 1 is 1.06 bits per heavy atom. The van der Waals surface area contributed by atoms with E-state index < -0.39 is 71.8 Å². The number of Topliss-reactive ketones (excluding diaryl/α,β-unsaturated/α-hetero) is 1. The number of esters is 1. The number of hydrogen-bond donors (Lipinski definition) is 2. The number of ether oxygens (including phenoxy) is 4. The van der Waals surface area contributed by atoms with Gasteiger partial charge >= 0.3 is 5.97 Å². The minimum absolute atomic E-state index is 0.112. The number of amides is 1. The van der Waals surface area contributed by atoms with Crippen molar-refractivity contribution < 1.29 is 48.4 Å². The van der Waals surface area contributed by atoms with Gasteiger partial charge in [0.25, 0.3) is 11.7 Å². The highest BCUT2D eigenvalue weighted by Crippen LogP contribution is 2.39. The molecule has 0 aromatic heterocycles. The molecule has 3 rings (SSSR count). The van der Waals surface area contributed by atoms with Crippen LogP contribution in [0.25, 0.3) is 0 Å². The highest BCUT2D eigenvalue weighted by atomic mass is 16.7. The molecule has 0 spiro atoms. The van der Waals surface area contributed by atoms with Crippen LogP contribution < -0.4 is 0 Å². The number of aliphatic hydroxyl groups is 2. The standard InChI is InChI=1S/C36H58N2O10/c1-10-23(4)31-25(6)28(39)20-26(37-46-9)15-14-21(2)17-22(3)18-29(44-7)32-30(45-8)19-24(5)36(43,48-32)33(40)34(41)38-16-12-11-13-27(38)35(42)47-31/h10,14,22,24-25,27-32,39,43H,11-13,15-20H2,1-9H3. The zero-order valence-electron chi connectivity index (χ0n) is 30.3. The fourth-order valence-corrected chi connectivity index (χ4v) is 7.24. The summed E-state index contributed by atoms with van der Waals surface area (Å²) in [4.78, 5) is 48.1. The Balaban J connectivity index is 2.08. The summed E-state index contributed by atoms with van der Waals surface area (Å²) < 4.78 is 23.9. The monoisotopic (exact) mass is 678 g/mol. The predicted octanol–water partition coefficient (Wildman–Crippen LogP) is 4.11. The second-order valence-electron chi connectivity index (χ2n) is 14.0. The van der Waals surface area contributed by atoms with Crippen molar-refractivity contribution in [3.63, 3.8) is 0 Å². The fraction of sp³-hybridized carbons (Fsp3) is 0.778. The lowest BCUT2D eigenvalue weighted by Gasteiger charge is -2.47. The van der Waals surface area contributed by atoms with E-state index in [9.17, 15) is 24.6 Å². The van der Waals surface area contributed by atoms with Crippen LogP contribution in [0, 0.1) is 17.8 Å². The number of rotatable bonds is 4. The highest BCUT2D eigenvalue weighted by molar-refractivity contribution is 6.39. The number of oxime groups is 1. The molecule has 10 atom stereocenters. The maximum atomic E-state index is 14.0. The molecule has 3 heterocycles. The maximum absolute atomic E-state index is 14.0. The minimum atomic E-state index is -2.45. The molecule has 0 radical (unpaired) electrons. The van der Waals surface area contributed by atoms with E-state index in [4.69, 9.17) is 23.8 Å². The molecular weight excluding hydrogens is 620 g/mol. The van der Waals surface area contributed by atoms with Gasteiger partial charge in [0.05, 0.1) is 24.0 Å². The molecule has 3 aliphatic heterocycles. The SMILES string of the molecule is CC=C(C)C1OC(=O)C2CCCCN2C(=O)C(=O)C2(O)OC(C(OC)CC(C)CC(C)=CCC(=NOC)CC(O)C1C)C(OC)CC2C. The van der Waals surface area contributed by atoms with Crippen LogP contribution in [0.5, 0.6) is 0 Å². The van der Waals surface area contributed by atoms with Crippen molar-refractivity contribution in [3.8, 4) is 0 Å². The summed E-state index contributed by atoms with van der Waals surface area (Å²) >= 11 is 0. The first-order valence-corrected chi connectivity index (χ1v) is 17.3. The van der Waals surface area contributed by atoms with Gasteiger partial charge in [-0.2, -0.15) is 0 Å². The summed E-state index contributed by atoms with van der Waals surface area (Å²) in [6, 6.07) is -1.04. The third-order valence-electron chi connectivity index (χ3n) is 10.4. The van der Waals surface area contributed by atoms with Gasteiger partial charge in [0.15, 0.2) is 0 Å². The number of fused-ring (bicyclic) bond motifs is 3. The van der Waals surface area contributed by atoms with Crippen molar-refractivity contribution in [1.29, 1.82) is 0 Å². The molecule has 3 aliphatic rings. The number of nitrogens with zero attached hydrogens (tertiary/aromatic N) is 2. The second kappa shape index (κ2) is 17.8. The summed E-state index contributed by atoms with van der Waals surface area (Å²) in [5.74, 6) is -6.45. The number of cyclic esters (lactones) is 1.